The highest BCUT2D eigenvalue weighted by Gasteiger charge is 2.27. The number of benzene rings is 2. The van der Waals surface area contributed by atoms with Crippen molar-refractivity contribution in [3.63, 3.8) is 0 Å². The maximum Gasteiger partial charge on any atom is 0.264 e. The minimum Gasteiger partial charge on any atom is -0.299 e. The maximum absolute atomic E-state index is 13.3. The summed E-state index contributed by atoms with van der Waals surface area (Å²) in [7, 11) is -4.06. The summed E-state index contributed by atoms with van der Waals surface area (Å²) >= 11 is 2.59. The zero-order chi connectivity index (χ0) is 21.6. The first-order chi connectivity index (χ1) is 14.4. The SMILES string of the molecule is C=CCSc1nnc(NC(=O)CN(c2ccc(F)cc2)S(=O)(=O)c2ccccc2)s1. The Morgan fingerprint density at radius 3 is 2.53 bits per heavy atom. The van der Waals surface area contributed by atoms with Gasteiger partial charge in [0.1, 0.15) is 12.4 Å². The number of carbonyl (C=O) groups excluding carboxylic acids is 1. The van der Waals surface area contributed by atoms with Crippen LogP contribution in [-0.4, -0.2) is 36.8 Å². The predicted molar refractivity (Wildman–Crippen MR) is 117 cm³/mol. The second kappa shape index (κ2) is 9.83. The number of rotatable bonds is 9. The normalized spacial score (nSPS) is 11.1. The number of sulfonamides is 1. The molecule has 3 aromatic rings. The molecule has 11 heteroatoms. The van der Waals surface area contributed by atoms with Gasteiger partial charge in [0.05, 0.1) is 10.6 Å². The lowest BCUT2D eigenvalue weighted by molar-refractivity contribution is -0.114. The number of anilines is 2. The van der Waals surface area contributed by atoms with Crippen LogP contribution in [0.4, 0.5) is 15.2 Å². The van der Waals surface area contributed by atoms with Crippen LogP contribution in [0.25, 0.3) is 0 Å². The van der Waals surface area contributed by atoms with Gasteiger partial charge in [-0.25, -0.2) is 12.8 Å². The molecule has 0 aliphatic carbocycles. The highest BCUT2D eigenvalue weighted by Crippen LogP contribution is 2.26. The fourth-order valence-electron chi connectivity index (χ4n) is 2.38. The smallest absolute Gasteiger partial charge is 0.264 e. The van der Waals surface area contributed by atoms with Gasteiger partial charge in [-0.1, -0.05) is 47.4 Å². The molecule has 0 fully saturated rings. The molecule has 0 saturated carbocycles. The molecule has 3 rings (SSSR count). The van der Waals surface area contributed by atoms with Crippen LogP contribution in [0.5, 0.6) is 0 Å². The molecule has 30 heavy (non-hydrogen) atoms. The molecule has 0 aliphatic heterocycles. The van der Waals surface area contributed by atoms with Crippen molar-refractivity contribution in [2.24, 2.45) is 0 Å². The molecule has 0 spiro atoms. The quantitative estimate of drug-likeness (QED) is 0.294. The van der Waals surface area contributed by atoms with Crippen molar-refractivity contribution >= 4 is 49.8 Å². The summed E-state index contributed by atoms with van der Waals surface area (Å²) in [6, 6.07) is 12.6. The predicted octanol–water partition coefficient (Wildman–Crippen LogP) is 3.79. The van der Waals surface area contributed by atoms with E-state index in [1.54, 1.807) is 24.3 Å². The van der Waals surface area contributed by atoms with E-state index in [9.17, 15) is 17.6 Å². The van der Waals surface area contributed by atoms with Crippen LogP contribution in [0.2, 0.25) is 0 Å². The third-order valence-corrected chi connectivity index (χ3v) is 7.47. The Morgan fingerprint density at radius 2 is 1.87 bits per heavy atom. The molecular weight excluding hydrogens is 447 g/mol. The first-order valence-electron chi connectivity index (χ1n) is 8.60. The Balaban J connectivity index is 1.84. The minimum absolute atomic E-state index is 0.0150. The van der Waals surface area contributed by atoms with E-state index in [4.69, 9.17) is 0 Å². The third-order valence-electron chi connectivity index (χ3n) is 3.71. The molecule has 0 radical (unpaired) electrons. The zero-order valence-corrected chi connectivity index (χ0v) is 18.0. The number of aromatic nitrogens is 2. The number of hydrogen-bond acceptors (Lipinski definition) is 7. The van der Waals surface area contributed by atoms with E-state index in [0.29, 0.717) is 10.1 Å². The fourth-order valence-corrected chi connectivity index (χ4v) is 5.35. The number of thioether (sulfide) groups is 1. The molecule has 0 bridgehead atoms. The number of hydrogen-bond donors (Lipinski definition) is 1. The molecule has 1 N–H and O–H groups in total. The van der Waals surface area contributed by atoms with Gasteiger partial charge in [-0.2, -0.15) is 0 Å². The molecule has 156 valence electrons. The maximum atomic E-state index is 13.3. The fraction of sp³-hybridized carbons (Fsp3) is 0.105. The van der Waals surface area contributed by atoms with Crippen molar-refractivity contribution in [3.05, 3.63) is 73.1 Å². The van der Waals surface area contributed by atoms with Gasteiger partial charge in [0.2, 0.25) is 11.0 Å². The summed E-state index contributed by atoms with van der Waals surface area (Å²) in [5, 5.41) is 10.6. The number of nitrogens with one attached hydrogen (secondary N) is 1. The molecule has 2 aromatic carbocycles. The highest BCUT2D eigenvalue weighted by atomic mass is 32.2. The summed E-state index contributed by atoms with van der Waals surface area (Å²) in [5.41, 5.74) is 0.162. The summed E-state index contributed by atoms with van der Waals surface area (Å²) in [6.45, 7) is 3.11. The van der Waals surface area contributed by atoms with Crippen molar-refractivity contribution < 1.29 is 17.6 Å². The molecule has 7 nitrogen and oxygen atoms in total. The molecule has 0 aliphatic rings. The van der Waals surface area contributed by atoms with E-state index in [1.165, 1.54) is 47.4 Å². The van der Waals surface area contributed by atoms with Crippen LogP contribution >= 0.6 is 23.1 Å². The molecule has 0 unspecified atom stereocenters. The number of halogens is 1. The van der Waals surface area contributed by atoms with Gasteiger partial charge in [-0.3, -0.25) is 14.4 Å². The Kier molecular flexibility index (Phi) is 7.19. The summed E-state index contributed by atoms with van der Waals surface area (Å²) in [6.07, 6.45) is 1.72. The lowest BCUT2D eigenvalue weighted by atomic mass is 10.3. The average Bonchev–Trinajstić information content (AvgIpc) is 3.19. The van der Waals surface area contributed by atoms with Crippen LogP contribution in [0.1, 0.15) is 0 Å². The van der Waals surface area contributed by atoms with E-state index in [2.05, 4.69) is 22.1 Å². The van der Waals surface area contributed by atoms with Crippen molar-refractivity contribution in [3.8, 4) is 0 Å². The van der Waals surface area contributed by atoms with Crippen molar-refractivity contribution in [2.45, 2.75) is 9.24 Å². The Labute approximate surface area is 181 Å². The van der Waals surface area contributed by atoms with E-state index >= 15 is 0 Å². The van der Waals surface area contributed by atoms with Crippen LogP contribution in [-0.2, 0) is 14.8 Å². The van der Waals surface area contributed by atoms with Gasteiger partial charge in [-0.05, 0) is 36.4 Å². The second-order valence-corrected chi connectivity index (χ2v) is 9.93. The number of carbonyl (C=O) groups is 1. The van der Waals surface area contributed by atoms with E-state index in [-0.39, 0.29) is 15.7 Å². The monoisotopic (exact) mass is 464 g/mol. The lowest BCUT2D eigenvalue weighted by Gasteiger charge is -2.23. The molecule has 1 heterocycles. The average molecular weight is 465 g/mol. The standard InChI is InChI=1S/C19H17FN4O3S3/c1-2-12-28-19-23-22-18(29-19)21-17(25)13-24(15-10-8-14(20)9-11-15)30(26,27)16-6-4-3-5-7-16/h2-11H,1,12-13H2,(H,21,22,25). The van der Waals surface area contributed by atoms with E-state index < -0.39 is 28.3 Å². The van der Waals surface area contributed by atoms with Crippen molar-refractivity contribution in [1.29, 1.82) is 0 Å². The van der Waals surface area contributed by atoms with Crippen LogP contribution in [0, 0.1) is 5.82 Å². The Hall–Kier alpha value is -2.76. The highest BCUT2D eigenvalue weighted by molar-refractivity contribution is 8.01. The Bertz CT molecular complexity index is 1120. The zero-order valence-electron chi connectivity index (χ0n) is 15.6. The molecule has 0 atom stereocenters. The minimum atomic E-state index is -4.06. The van der Waals surface area contributed by atoms with E-state index in [1.807, 2.05) is 0 Å². The van der Waals surface area contributed by atoms with Crippen LogP contribution < -0.4 is 9.62 Å². The van der Waals surface area contributed by atoms with Gasteiger partial charge in [0, 0.05) is 5.75 Å². The van der Waals surface area contributed by atoms with Gasteiger partial charge in [0.25, 0.3) is 10.0 Å². The van der Waals surface area contributed by atoms with Crippen molar-refractivity contribution in [1.82, 2.24) is 10.2 Å². The first-order valence-corrected chi connectivity index (χ1v) is 11.8. The van der Waals surface area contributed by atoms with Crippen molar-refractivity contribution in [2.75, 3.05) is 21.9 Å². The second-order valence-electron chi connectivity index (χ2n) is 5.82. The summed E-state index contributed by atoms with van der Waals surface area (Å²) < 4.78 is 41.2. The molecule has 1 aromatic heterocycles. The topological polar surface area (TPSA) is 92.3 Å². The van der Waals surface area contributed by atoms with E-state index in [0.717, 1.165) is 16.4 Å². The van der Waals surface area contributed by atoms with Gasteiger partial charge < -0.3 is 0 Å². The lowest BCUT2D eigenvalue weighted by Crippen LogP contribution is -2.38. The van der Waals surface area contributed by atoms with Crippen LogP contribution in [0.15, 0.2) is 76.5 Å². The number of amides is 1. The van der Waals surface area contributed by atoms with Gasteiger partial charge >= 0.3 is 0 Å². The Morgan fingerprint density at radius 1 is 1.17 bits per heavy atom. The largest absolute Gasteiger partial charge is 0.299 e. The van der Waals surface area contributed by atoms with Gasteiger partial charge in [0.15, 0.2) is 4.34 Å². The van der Waals surface area contributed by atoms with Gasteiger partial charge in [-0.15, -0.1) is 16.8 Å². The molecule has 0 saturated heterocycles. The number of nitrogens with zero attached hydrogens (tertiary/aromatic N) is 3. The first kappa shape index (κ1) is 21.9. The van der Waals surface area contributed by atoms with Crippen LogP contribution in [0.3, 0.4) is 0 Å². The summed E-state index contributed by atoms with van der Waals surface area (Å²) in [4.78, 5) is 12.6. The summed E-state index contributed by atoms with van der Waals surface area (Å²) in [5.74, 6) is -0.468. The molecule has 1 amide bonds. The third kappa shape index (κ3) is 5.43. The molecular formula is C19H17FN4O3S3.